The van der Waals surface area contributed by atoms with Crippen LogP contribution >= 0.6 is 0 Å². The molecular formula is C20H12F2N4O2. The number of hydrogen-bond acceptors (Lipinski definition) is 4. The first-order chi connectivity index (χ1) is 13.5. The number of anilines is 2. The molecule has 8 heteroatoms. The first-order valence-corrected chi connectivity index (χ1v) is 8.01. The van der Waals surface area contributed by atoms with E-state index in [1.54, 1.807) is 12.1 Å². The van der Waals surface area contributed by atoms with Crippen molar-refractivity contribution in [1.29, 1.82) is 5.26 Å². The number of hydrogen-bond donors (Lipinski definition) is 2. The van der Waals surface area contributed by atoms with Gasteiger partial charge in [0.05, 0.1) is 11.6 Å². The number of nitrogens with zero attached hydrogens (tertiary/aromatic N) is 2. The molecule has 1 aromatic heterocycles. The van der Waals surface area contributed by atoms with Crippen molar-refractivity contribution in [3.63, 3.8) is 0 Å². The Morgan fingerprint density at radius 1 is 0.929 bits per heavy atom. The molecule has 28 heavy (non-hydrogen) atoms. The van der Waals surface area contributed by atoms with E-state index in [1.807, 2.05) is 6.07 Å². The van der Waals surface area contributed by atoms with Crippen molar-refractivity contribution in [3.8, 4) is 6.07 Å². The lowest BCUT2D eigenvalue weighted by atomic mass is 10.2. The summed E-state index contributed by atoms with van der Waals surface area (Å²) in [6.07, 6.45) is 1.24. The molecule has 2 amide bonds. The minimum absolute atomic E-state index is 0.00244. The maximum absolute atomic E-state index is 13.7. The van der Waals surface area contributed by atoms with Crippen LogP contribution in [0.1, 0.15) is 26.4 Å². The Hall–Kier alpha value is -4.12. The zero-order valence-electron chi connectivity index (χ0n) is 14.2. The number of carbonyl (C=O) groups excluding carboxylic acids is 2. The summed E-state index contributed by atoms with van der Waals surface area (Å²) in [5.74, 6) is -3.21. The highest BCUT2D eigenvalue weighted by Gasteiger charge is 2.16. The van der Waals surface area contributed by atoms with Crippen molar-refractivity contribution in [1.82, 2.24) is 4.98 Å². The molecule has 0 fully saturated rings. The summed E-state index contributed by atoms with van der Waals surface area (Å²) in [5.41, 5.74) is 0.241. The monoisotopic (exact) mass is 378 g/mol. The number of nitriles is 1. The third kappa shape index (κ3) is 4.16. The van der Waals surface area contributed by atoms with Crippen LogP contribution in [0.15, 0.2) is 60.8 Å². The molecule has 0 radical (unpaired) electrons. The summed E-state index contributed by atoms with van der Waals surface area (Å²) < 4.78 is 27.4. The van der Waals surface area contributed by atoms with Crippen LogP contribution in [-0.4, -0.2) is 16.8 Å². The Kier molecular flexibility index (Phi) is 5.37. The molecule has 0 spiro atoms. The summed E-state index contributed by atoms with van der Waals surface area (Å²) in [7, 11) is 0. The highest BCUT2D eigenvalue weighted by atomic mass is 19.1. The molecule has 0 bridgehead atoms. The van der Waals surface area contributed by atoms with Crippen molar-refractivity contribution in [2.45, 2.75) is 0 Å². The van der Waals surface area contributed by atoms with Gasteiger partial charge in [-0.1, -0.05) is 6.07 Å². The molecule has 0 saturated heterocycles. The van der Waals surface area contributed by atoms with Gasteiger partial charge in [-0.25, -0.2) is 8.78 Å². The fourth-order valence-corrected chi connectivity index (χ4v) is 2.32. The van der Waals surface area contributed by atoms with Gasteiger partial charge in [0.15, 0.2) is 0 Å². The zero-order chi connectivity index (χ0) is 20.1. The maximum atomic E-state index is 13.7. The molecule has 3 rings (SSSR count). The zero-order valence-corrected chi connectivity index (χ0v) is 14.2. The topological polar surface area (TPSA) is 94.9 Å². The van der Waals surface area contributed by atoms with Crippen molar-refractivity contribution < 1.29 is 18.4 Å². The van der Waals surface area contributed by atoms with Crippen LogP contribution in [0.5, 0.6) is 0 Å². The fraction of sp³-hybridized carbons (Fsp3) is 0. The molecule has 2 aromatic carbocycles. The standard InChI is InChI=1S/C20H12F2N4O2/c21-15-2-1-3-16(22)18(15)26-19(27)13-8-9-24-17(10-13)20(28)25-14-6-4-12(11-23)5-7-14/h1-10H,(H,25,28)(H,26,27). The number of rotatable bonds is 4. The molecule has 1 heterocycles. The summed E-state index contributed by atoms with van der Waals surface area (Å²) in [5, 5.41) is 13.5. The number of aromatic nitrogens is 1. The van der Waals surface area contributed by atoms with Gasteiger partial charge < -0.3 is 10.6 Å². The lowest BCUT2D eigenvalue weighted by molar-refractivity contribution is 0.102. The minimum Gasteiger partial charge on any atom is -0.321 e. The normalized spacial score (nSPS) is 10.0. The number of amides is 2. The smallest absolute Gasteiger partial charge is 0.274 e. The number of benzene rings is 2. The molecule has 0 aliphatic carbocycles. The van der Waals surface area contributed by atoms with Gasteiger partial charge in [0.1, 0.15) is 23.0 Å². The highest BCUT2D eigenvalue weighted by molar-refractivity contribution is 6.07. The van der Waals surface area contributed by atoms with Gasteiger partial charge in [-0.2, -0.15) is 5.26 Å². The van der Waals surface area contributed by atoms with Crippen LogP contribution in [-0.2, 0) is 0 Å². The van der Waals surface area contributed by atoms with Gasteiger partial charge in [0.25, 0.3) is 11.8 Å². The highest BCUT2D eigenvalue weighted by Crippen LogP contribution is 2.19. The average molecular weight is 378 g/mol. The Bertz CT molecular complexity index is 1070. The SMILES string of the molecule is N#Cc1ccc(NC(=O)c2cc(C(=O)Nc3c(F)cccc3F)ccn2)cc1. The molecule has 138 valence electrons. The molecular weight excluding hydrogens is 366 g/mol. The molecule has 0 aliphatic rings. The van der Waals surface area contributed by atoms with E-state index in [0.29, 0.717) is 11.3 Å². The van der Waals surface area contributed by atoms with Gasteiger partial charge in [0.2, 0.25) is 0 Å². The van der Waals surface area contributed by atoms with Gasteiger partial charge in [-0.05, 0) is 48.5 Å². The van der Waals surface area contributed by atoms with Crippen LogP contribution in [0.2, 0.25) is 0 Å². The number of halogens is 2. The van der Waals surface area contributed by atoms with Gasteiger partial charge in [-0.3, -0.25) is 14.6 Å². The first kappa shape index (κ1) is 18.7. The lowest BCUT2D eigenvalue weighted by Gasteiger charge is -2.09. The van der Waals surface area contributed by atoms with Crippen molar-refractivity contribution in [3.05, 3.63) is 89.2 Å². The molecule has 0 saturated carbocycles. The van der Waals surface area contributed by atoms with Crippen molar-refractivity contribution >= 4 is 23.2 Å². The Morgan fingerprint density at radius 3 is 2.25 bits per heavy atom. The second kappa shape index (κ2) is 8.05. The number of carbonyl (C=O) groups is 2. The average Bonchev–Trinajstić information content (AvgIpc) is 2.71. The summed E-state index contributed by atoms with van der Waals surface area (Å²) in [6, 6.07) is 13.9. The number of pyridine rings is 1. The van der Waals surface area contributed by atoms with E-state index < -0.39 is 29.1 Å². The second-order valence-electron chi connectivity index (χ2n) is 5.62. The van der Waals surface area contributed by atoms with Gasteiger partial charge >= 0.3 is 0 Å². The minimum atomic E-state index is -0.916. The Balaban J connectivity index is 1.76. The van der Waals surface area contributed by atoms with E-state index in [1.165, 1.54) is 36.5 Å². The Labute approximate surface area is 158 Å². The van der Waals surface area contributed by atoms with E-state index >= 15 is 0 Å². The summed E-state index contributed by atoms with van der Waals surface area (Å²) in [6.45, 7) is 0. The van der Waals surface area contributed by atoms with Crippen LogP contribution in [0, 0.1) is 23.0 Å². The van der Waals surface area contributed by atoms with E-state index in [-0.39, 0.29) is 11.3 Å². The van der Waals surface area contributed by atoms with E-state index in [2.05, 4.69) is 15.6 Å². The third-order valence-corrected chi connectivity index (χ3v) is 3.73. The predicted molar refractivity (Wildman–Crippen MR) is 97.7 cm³/mol. The molecule has 0 unspecified atom stereocenters. The number of nitrogens with one attached hydrogen (secondary N) is 2. The van der Waals surface area contributed by atoms with Crippen LogP contribution in [0.4, 0.5) is 20.2 Å². The summed E-state index contributed by atoms with van der Waals surface area (Å²) >= 11 is 0. The van der Waals surface area contributed by atoms with E-state index in [0.717, 1.165) is 12.1 Å². The van der Waals surface area contributed by atoms with Crippen molar-refractivity contribution in [2.24, 2.45) is 0 Å². The second-order valence-corrected chi connectivity index (χ2v) is 5.62. The van der Waals surface area contributed by atoms with Crippen LogP contribution in [0.3, 0.4) is 0 Å². The third-order valence-electron chi connectivity index (χ3n) is 3.73. The number of para-hydroxylation sites is 1. The van der Waals surface area contributed by atoms with E-state index in [4.69, 9.17) is 5.26 Å². The first-order valence-electron chi connectivity index (χ1n) is 8.01. The van der Waals surface area contributed by atoms with Crippen LogP contribution in [0.25, 0.3) is 0 Å². The van der Waals surface area contributed by atoms with Crippen LogP contribution < -0.4 is 10.6 Å². The molecule has 0 atom stereocenters. The summed E-state index contributed by atoms with van der Waals surface area (Å²) in [4.78, 5) is 28.5. The molecule has 2 N–H and O–H groups in total. The van der Waals surface area contributed by atoms with Crippen molar-refractivity contribution in [2.75, 3.05) is 10.6 Å². The van der Waals surface area contributed by atoms with E-state index in [9.17, 15) is 18.4 Å². The maximum Gasteiger partial charge on any atom is 0.274 e. The molecule has 6 nitrogen and oxygen atoms in total. The lowest BCUT2D eigenvalue weighted by Crippen LogP contribution is -2.17. The quantitative estimate of drug-likeness (QED) is 0.723. The predicted octanol–water partition coefficient (Wildman–Crippen LogP) is 3.74. The largest absolute Gasteiger partial charge is 0.321 e. The fourth-order valence-electron chi connectivity index (χ4n) is 2.32. The molecule has 0 aliphatic heterocycles. The molecule has 3 aromatic rings. The Morgan fingerprint density at radius 2 is 1.61 bits per heavy atom. The van der Waals surface area contributed by atoms with Gasteiger partial charge in [-0.15, -0.1) is 0 Å². The van der Waals surface area contributed by atoms with Gasteiger partial charge in [0, 0.05) is 17.4 Å².